The third-order valence-corrected chi connectivity index (χ3v) is 5.54. The summed E-state index contributed by atoms with van der Waals surface area (Å²) >= 11 is 0. The van der Waals surface area contributed by atoms with E-state index in [2.05, 4.69) is 15.3 Å². The Morgan fingerprint density at radius 1 is 0.939 bits per heavy atom. The predicted molar refractivity (Wildman–Crippen MR) is 128 cm³/mol. The Balaban J connectivity index is 1.53. The lowest BCUT2D eigenvalue weighted by atomic mass is 10.1. The van der Waals surface area contributed by atoms with Crippen molar-refractivity contribution in [2.24, 2.45) is 7.05 Å². The van der Waals surface area contributed by atoms with E-state index in [0.29, 0.717) is 11.7 Å². The Labute approximate surface area is 190 Å². The second kappa shape index (κ2) is 8.35. The van der Waals surface area contributed by atoms with Gasteiger partial charge in [-0.1, -0.05) is 6.07 Å². The molecule has 0 spiro atoms. The lowest BCUT2D eigenvalue weighted by Gasteiger charge is -2.12. The summed E-state index contributed by atoms with van der Waals surface area (Å²) in [5.41, 5.74) is 6.23. The van der Waals surface area contributed by atoms with E-state index in [-0.39, 0.29) is 5.82 Å². The molecule has 7 heteroatoms. The van der Waals surface area contributed by atoms with Gasteiger partial charge in [0.15, 0.2) is 0 Å². The molecule has 6 nitrogen and oxygen atoms in total. The van der Waals surface area contributed by atoms with E-state index in [9.17, 15) is 4.39 Å². The molecule has 0 aliphatic carbocycles. The average Bonchev–Trinajstić information content (AvgIpc) is 3.17. The van der Waals surface area contributed by atoms with Crippen molar-refractivity contribution < 1.29 is 9.13 Å². The topological polar surface area (TPSA) is 64.9 Å². The van der Waals surface area contributed by atoms with Crippen LogP contribution >= 0.6 is 0 Å². The van der Waals surface area contributed by atoms with Crippen LogP contribution in [-0.4, -0.2) is 26.6 Å². The van der Waals surface area contributed by atoms with Gasteiger partial charge in [-0.15, -0.1) is 0 Å². The molecule has 5 aromatic rings. The normalized spacial score (nSPS) is 11.0. The minimum absolute atomic E-state index is 0.273. The van der Waals surface area contributed by atoms with Crippen LogP contribution in [0.1, 0.15) is 5.69 Å². The standard InChI is InChI=1S/C26H22FN5O/c1-16-15-18(13-14-28-16)20-11-12-23(30-26(20)33-3)29-21-5-4-6-22-24(21)31-25(32(22)2)17-7-9-19(27)10-8-17/h4-15H,1-3H3,(H,29,30). The van der Waals surface area contributed by atoms with E-state index < -0.39 is 0 Å². The number of fused-ring (bicyclic) bond motifs is 1. The van der Waals surface area contributed by atoms with Gasteiger partial charge in [-0.25, -0.2) is 9.37 Å². The molecule has 0 radical (unpaired) electrons. The van der Waals surface area contributed by atoms with Crippen molar-refractivity contribution in [2.75, 3.05) is 12.4 Å². The summed E-state index contributed by atoms with van der Waals surface area (Å²) in [6.07, 6.45) is 1.77. The molecule has 0 fully saturated rings. The van der Waals surface area contributed by atoms with Crippen molar-refractivity contribution in [1.82, 2.24) is 19.5 Å². The van der Waals surface area contributed by atoms with E-state index in [0.717, 1.165) is 44.9 Å². The molecule has 1 N–H and O–H groups in total. The van der Waals surface area contributed by atoms with Crippen LogP contribution in [0.4, 0.5) is 15.9 Å². The van der Waals surface area contributed by atoms with Gasteiger partial charge < -0.3 is 14.6 Å². The van der Waals surface area contributed by atoms with Gasteiger partial charge in [-0.05, 0) is 73.2 Å². The van der Waals surface area contributed by atoms with E-state index >= 15 is 0 Å². The molecule has 33 heavy (non-hydrogen) atoms. The van der Waals surface area contributed by atoms with Crippen LogP contribution < -0.4 is 10.1 Å². The van der Waals surface area contributed by atoms with Crippen LogP contribution in [0.25, 0.3) is 33.5 Å². The summed E-state index contributed by atoms with van der Waals surface area (Å²) in [5, 5.41) is 3.37. The van der Waals surface area contributed by atoms with Gasteiger partial charge in [0, 0.05) is 30.1 Å². The van der Waals surface area contributed by atoms with Gasteiger partial charge in [-0.3, -0.25) is 4.98 Å². The zero-order chi connectivity index (χ0) is 22.9. The lowest BCUT2D eigenvalue weighted by Crippen LogP contribution is -1.98. The minimum Gasteiger partial charge on any atom is -0.480 e. The first-order chi connectivity index (χ1) is 16.0. The van der Waals surface area contributed by atoms with Crippen molar-refractivity contribution in [3.05, 3.63) is 84.4 Å². The number of halogens is 1. The summed E-state index contributed by atoms with van der Waals surface area (Å²) in [7, 11) is 3.56. The van der Waals surface area contributed by atoms with Gasteiger partial charge >= 0.3 is 0 Å². The highest BCUT2D eigenvalue weighted by atomic mass is 19.1. The molecule has 0 amide bonds. The second-order valence-electron chi connectivity index (χ2n) is 7.74. The number of nitrogens with one attached hydrogen (secondary N) is 1. The third-order valence-electron chi connectivity index (χ3n) is 5.54. The van der Waals surface area contributed by atoms with Crippen molar-refractivity contribution in [2.45, 2.75) is 6.92 Å². The highest BCUT2D eigenvalue weighted by Crippen LogP contribution is 2.33. The van der Waals surface area contributed by atoms with E-state index in [1.54, 1.807) is 25.4 Å². The smallest absolute Gasteiger partial charge is 0.223 e. The molecule has 3 heterocycles. The Morgan fingerprint density at radius 3 is 2.52 bits per heavy atom. The van der Waals surface area contributed by atoms with Crippen LogP contribution in [0.5, 0.6) is 5.88 Å². The number of ether oxygens (including phenoxy) is 1. The van der Waals surface area contributed by atoms with Gasteiger partial charge in [0.25, 0.3) is 0 Å². The van der Waals surface area contributed by atoms with E-state index in [1.165, 1.54) is 12.1 Å². The number of pyridine rings is 2. The molecule has 2 aromatic carbocycles. The van der Waals surface area contributed by atoms with Gasteiger partial charge in [0.1, 0.15) is 23.0 Å². The number of rotatable bonds is 5. The molecular formula is C26H22FN5O. The molecule has 0 saturated carbocycles. The largest absolute Gasteiger partial charge is 0.480 e. The van der Waals surface area contributed by atoms with E-state index in [4.69, 9.17) is 9.72 Å². The zero-order valence-electron chi connectivity index (χ0n) is 18.5. The van der Waals surface area contributed by atoms with Crippen LogP contribution in [0.15, 0.2) is 72.9 Å². The molecule has 0 bridgehead atoms. The fraction of sp³-hybridized carbons (Fsp3) is 0.115. The Bertz CT molecular complexity index is 1460. The first-order valence-corrected chi connectivity index (χ1v) is 10.5. The highest BCUT2D eigenvalue weighted by Gasteiger charge is 2.15. The number of nitrogens with zero attached hydrogens (tertiary/aromatic N) is 4. The maximum Gasteiger partial charge on any atom is 0.223 e. The van der Waals surface area contributed by atoms with Crippen LogP contribution in [0.3, 0.4) is 0 Å². The van der Waals surface area contributed by atoms with Crippen molar-refractivity contribution in [3.8, 4) is 28.4 Å². The number of aromatic nitrogens is 4. The molecule has 0 atom stereocenters. The molecule has 5 rings (SSSR count). The fourth-order valence-corrected chi connectivity index (χ4v) is 3.91. The first-order valence-electron chi connectivity index (χ1n) is 10.5. The highest BCUT2D eigenvalue weighted by molar-refractivity contribution is 5.92. The molecule has 0 saturated heterocycles. The lowest BCUT2D eigenvalue weighted by molar-refractivity contribution is 0.400. The fourth-order valence-electron chi connectivity index (χ4n) is 3.91. The summed E-state index contributed by atoms with van der Waals surface area (Å²) in [6.45, 7) is 1.95. The SMILES string of the molecule is COc1nc(Nc2cccc3c2nc(-c2ccc(F)cc2)n3C)ccc1-c1ccnc(C)c1. The second-order valence-corrected chi connectivity index (χ2v) is 7.74. The molecule has 3 aromatic heterocycles. The molecule has 0 aliphatic heterocycles. The zero-order valence-corrected chi connectivity index (χ0v) is 18.5. The number of hydrogen-bond acceptors (Lipinski definition) is 5. The number of para-hydroxylation sites is 1. The predicted octanol–water partition coefficient (Wildman–Crippen LogP) is 5.90. The van der Waals surface area contributed by atoms with Crippen molar-refractivity contribution >= 4 is 22.5 Å². The number of hydrogen-bond donors (Lipinski definition) is 1. The van der Waals surface area contributed by atoms with Crippen LogP contribution in [-0.2, 0) is 7.05 Å². The summed E-state index contributed by atoms with van der Waals surface area (Å²) < 4.78 is 20.9. The van der Waals surface area contributed by atoms with Crippen molar-refractivity contribution in [1.29, 1.82) is 0 Å². The van der Waals surface area contributed by atoms with Gasteiger partial charge in [-0.2, -0.15) is 4.98 Å². The molecule has 0 aliphatic rings. The van der Waals surface area contributed by atoms with Gasteiger partial charge in [0.2, 0.25) is 5.88 Å². The number of imidazole rings is 1. The maximum absolute atomic E-state index is 13.4. The molecule has 0 unspecified atom stereocenters. The van der Waals surface area contributed by atoms with Crippen LogP contribution in [0.2, 0.25) is 0 Å². The number of anilines is 2. The summed E-state index contributed by atoms with van der Waals surface area (Å²) in [4.78, 5) is 13.8. The third kappa shape index (κ3) is 3.89. The first kappa shape index (κ1) is 20.6. The Kier molecular flexibility index (Phi) is 5.22. The van der Waals surface area contributed by atoms with E-state index in [1.807, 2.05) is 61.0 Å². The summed E-state index contributed by atoms with van der Waals surface area (Å²) in [6, 6.07) is 20.1. The Hall–Kier alpha value is -4.26. The number of aryl methyl sites for hydroxylation is 2. The van der Waals surface area contributed by atoms with Crippen LogP contribution in [0, 0.1) is 12.7 Å². The Morgan fingerprint density at radius 2 is 1.76 bits per heavy atom. The minimum atomic E-state index is -0.273. The average molecular weight is 439 g/mol. The summed E-state index contributed by atoms with van der Waals surface area (Å²) in [5.74, 6) is 1.65. The molecule has 164 valence electrons. The number of methoxy groups -OCH3 is 1. The van der Waals surface area contributed by atoms with Gasteiger partial charge in [0.05, 0.1) is 18.3 Å². The quantitative estimate of drug-likeness (QED) is 0.370. The monoisotopic (exact) mass is 439 g/mol. The molecular weight excluding hydrogens is 417 g/mol. The number of benzene rings is 2. The maximum atomic E-state index is 13.4. The van der Waals surface area contributed by atoms with Crippen molar-refractivity contribution in [3.63, 3.8) is 0 Å².